The highest BCUT2D eigenvalue weighted by Gasteiger charge is 2.35. The first-order chi connectivity index (χ1) is 12.5. The van der Waals surface area contributed by atoms with Gasteiger partial charge in [-0.1, -0.05) is 23.7 Å². The standard InChI is InChI=1S/C20H15ClN2O3/c21-12-5-7-13(8-6-12)23-19(16-10-9-14(24)11-18(16)25)22-17-4-2-1-3-15(17)20(23)26/h1-11,19,22,24-25H/t19-/m0/s1. The van der Waals surface area contributed by atoms with Crippen molar-refractivity contribution in [2.24, 2.45) is 0 Å². The quantitative estimate of drug-likeness (QED) is 0.623. The van der Waals surface area contributed by atoms with Gasteiger partial charge in [0.05, 0.1) is 5.56 Å². The number of anilines is 2. The van der Waals surface area contributed by atoms with Gasteiger partial charge in [-0.05, 0) is 48.5 Å². The van der Waals surface area contributed by atoms with E-state index in [2.05, 4.69) is 5.32 Å². The van der Waals surface area contributed by atoms with Crippen LogP contribution in [0.2, 0.25) is 5.02 Å². The predicted molar refractivity (Wildman–Crippen MR) is 101 cm³/mol. The molecule has 3 aromatic rings. The van der Waals surface area contributed by atoms with E-state index < -0.39 is 6.17 Å². The number of carbonyl (C=O) groups is 1. The summed E-state index contributed by atoms with van der Waals surface area (Å²) in [6.07, 6.45) is -0.640. The minimum absolute atomic E-state index is 0.0492. The Morgan fingerprint density at radius 1 is 0.962 bits per heavy atom. The number of fused-ring (bicyclic) bond motifs is 1. The first kappa shape index (κ1) is 16.3. The van der Waals surface area contributed by atoms with Crippen LogP contribution >= 0.6 is 11.6 Å². The van der Waals surface area contributed by atoms with Crippen LogP contribution < -0.4 is 10.2 Å². The zero-order valence-electron chi connectivity index (χ0n) is 13.6. The highest BCUT2D eigenvalue weighted by Crippen LogP contribution is 2.40. The third kappa shape index (κ3) is 2.72. The molecule has 0 radical (unpaired) electrons. The van der Waals surface area contributed by atoms with Crippen molar-refractivity contribution in [3.05, 3.63) is 82.9 Å². The van der Waals surface area contributed by atoms with Crippen LogP contribution in [0.15, 0.2) is 66.7 Å². The molecule has 3 aromatic carbocycles. The summed E-state index contributed by atoms with van der Waals surface area (Å²) in [5.74, 6) is -0.348. The fraction of sp³-hybridized carbons (Fsp3) is 0.0500. The summed E-state index contributed by atoms with van der Waals surface area (Å²) in [4.78, 5) is 14.7. The number of amides is 1. The Bertz CT molecular complexity index is 989. The monoisotopic (exact) mass is 366 g/mol. The molecule has 1 heterocycles. The van der Waals surface area contributed by atoms with E-state index in [1.807, 2.05) is 12.1 Å². The van der Waals surface area contributed by atoms with Crippen LogP contribution in [-0.4, -0.2) is 16.1 Å². The number of para-hydroxylation sites is 1. The maximum atomic E-state index is 13.2. The minimum atomic E-state index is -0.640. The number of nitrogens with one attached hydrogen (secondary N) is 1. The predicted octanol–water partition coefficient (Wildman–Crippen LogP) is 4.52. The number of nitrogens with zero attached hydrogens (tertiary/aromatic N) is 1. The molecule has 0 spiro atoms. The molecule has 1 aliphatic heterocycles. The van der Waals surface area contributed by atoms with E-state index in [0.717, 1.165) is 0 Å². The average Bonchev–Trinajstić information content (AvgIpc) is 2.63. The van der Waals surface area contributed by atoms with Crippen LogP contribution in [0.4, 0.5) is 11.4 Å². The number of rotatable bonds is 2. The Hall–Kier alpha value is -3.18. The van der Waals surface area contributed by atoms with Gasteiger partial charge in [-0.2, -0.15) is 0 Å². The maximum absolute atomic E-state index is 13.2. The molecule has 3 N–H and O–H groups in total. The average molecular weight is 367 g/mol. The van der Waals surface area contributed by atoms with Gasteiger partial charge >= 0.3 is 0 Å². The summed E-state index contributed by atoms with van der Waals surface area (Å²) in [5.41, 5.74) is 2.33. The second kappa shape index (κ2) is 6.28. The highest BCUT2D eigenvalue weighted by atomic mass is 35.5. The molecule has 1 amide bonds. The Balaban J connectivity index is 1.88. The van der Waals surface area contributed by atoms with Gasteiger partial charge in [0, 0.05) is 28.0 Å². The fourth-order valence-electron chi connectivity index (χ4n) is 3.10. The SMILES string of the molecule is O=C1c2ccccc2N[C@H](c2ccc(O)cc2O)N1c1ccc(Cl)cc1. The molecular formula is C20H15ClN2O3. The van der Waals surface area contributed by atoms with Crippen molar-refractivity contribution in [1.82, 2.24) is 0 Å². The van der Waals surface area contributed by atoms with Crippen LogP contribution in [0.5, 0.6) is 11.5 Å². The van der Waals surface area contributed by atoms with Gasteiger partial charge in [-0.15, -0.1) is 0 Å². The zero-order valence-corrected chi connectivity index (χ0v) is 14.3. The molecule has 0 unspecified atom stereocenters. The van der Waals surface area contributed by atoms with Gasteiger partial charge in [0.25, 0.3) is 5.91 Å². The fourth-order valence-corrected chi connectivity index (χ4v) is 3.23. The molecule has 1 aliphatic rings. The van der Waals surface area contributed by atoms with E-state index in [1.54, 1.807) is 47.4 Å². The summed E-state index contributed by atoms with van der Waals surface area (Å²) >= 11 is 5.98. The van der Waals surface area contributed by atoms with Gasteiger partial charge in [0.1, 0.15) is 17.7 Å². The van der Waals surface area contributed by atoms with Crippen LogP contribution in [0.25, 0.3) is 0 Å². The van der Waals surface area contributed by atoms with E-state index in [-0.39, 0.29) is 17.4 Å². The zero-order chi connectivity index (χ0) is 18.3. The Kier molecular flexibility index (Phi) is 3.93. The number of aromatic hydroxyl groups is 2. The van der Waals surface area contributed by atoms with Crippen molar-refractivity contribution < 1.29 is 15.0 Å². The number of halogens is 1. The number of phenols is 2. The van der Waals surface area contributed by atoms with E-state index in [9.17, 15) is 15.0 Å². The van der Waals surface area contributed by atoms with E-state index in [0.29, 0.717) is 27.5 Å². The highest BCUT2D eigenvalue weighted by molar-refractivity contribution is 6.30. The molecular weight excluding hydrogens is 352 g/mol. The lowest BCUT2D eigenvalue weighted by Gasteiger charge is -2.38. The smallest absolute Gasteiger partial charge is 0.262 e. The number of hydrogen-bond donors (Lipinski definition) is 3. The Morgan fingerprint density at radius 3 is 2.42 bits per heavy atom. The summed E-state index contributed by atoms with van der Waals surface area (Å²) < 4.78 is 0. The molecule has 130 valence electrons. The molecule has 26 heavy (non-hydrogen) atoms. The van der Waals surface area contributed by atoms with Gasteiger partial charge in [-0.3, -0.25) is 9.69 Å². The van der Waals surface area contributed by atoms with Crippen LogP contribution in [0, 0.1) is 0 Å². The first-order valence-electron chi connectivity index (χ1n) is 8.01. The third-order valence-corrected chi connectivity index (χ3v) is 4.59. The summed E-state index contributed by atoms with van der Waals surface area (Å²) in [7, 11) is 0. The molecule has 0 saturated heterocycles. The molecule has 4 rings (SSSR count). The number of phenolic OH excluding ortho intramolecular Hbond substituents is 2. The third-order valence-electron chi connectivity index (χ3n) is 4.34. The van der Waals surface area contributed by atoms with Crippen LogP contribution in [0.3, 0.4) is 0 Å². The van der Waals surface area contributed by atoms with Gasteiger partial charge in [0.2, 0.25) is 0 Å². The minimum Gasteiger partial charge on any atom is -0.508 e. The number of hydrogen-bond acceptors (Lipinski definition) is 4. The second-order valence-corrected chi connectivity index (χ2v) is 6.42. The van der Waals surface area contributed by atoms with Crippen molar-refractivity contribution in [3.8, 4) is 11.5 Å². The normalized spacial score (nSPS) is 16.1. The van der Waals surface area contributed by atoms with E-state index in [1.165, 1.54) is 12.1 Å². The van der Waals surface area contributed by atoms with Crippen molar-refractivity contribution in [1.29, 1.82) is 0 Å². The molecule has 0 fully saturated rings. The van der Waals surface area contributed by atoms with Crippen LogP contribution in [0.1, 0.15) is 22.1 Å². The molecule has 5 nitrogen and oxygen atoms in total. The van der Waals surface area contributed by atoms with E-state index in [4.69, 9.17) is 11.6 Å². The maximum Gasteiger partial charge on any atom is 0.262 e. The molecule has 0 aromatic heterocycles. The number of benzene rings is 3. The lowest BCUT2D eigenvalue weighted by molar-refractivity contribution is 0.0974. The van der Waals surface area contributed by atoms with Crippen molar-refractivity contribution >= 4 is 28.9 Å². The number of carbonyl (C=O) groups excluding carboxylic acids is 1. The largest absolute Gasteiger partial charge is 0.508 e. The molecule has 0 saturated carbocycles. The molecule has 0 aliphatic carbocycles. The van der Waals surface area contributed by atoms with Crippen molar-refractivity contribution in [2.75, 3.05) is 10.2 Å². The second-order valence-electron chi connectivity index (χ2n) is 5.99. The van der Waals surface area contributed by atoms with Gasteiger partial charge in [-0.25, -0.2) is 0 Å². The van der Waals surface area contributed by atoms with Gasteiger partial charge < -0.3 is 15.5 Å². The summed E-state index contributed by atoms with van der Waals surface area (Å²) in [6, 6.07) is 18.4. The topological polar surface area (TPSA) is 72.8 Å². The summed E-state index contributed by atoms with van der Waals surface area (Å²) in [6.45, 7) is 0. The van der Waals surface area contributed by atoms with E-state index >= 15 is 0 Å². The van der Waals surface area contributed by atoms with Crippen molar-refractivity contribution in [3.63, 3.8) is 0 Å². The molecule has 0 bridgehead atoms. The Morgan fingerprint density at radius 2 is 1.69 bits per heavy atom. The van der Waals surface area contributed by atoms with Gasteiger partial charge in [0.15, 0.2) is 0 Å². The first-order valence-corrected chi connectivity index (χ1v) is 8.39. The summed E-state index contributed by atoms with van der Waals surface area (Å²) in [5, 5.41) is 23.8. The molecule has 6 heteroatoms. The lowest BCUT2D eigenvalue weighted by atomic mass is 10.0. The molecule has 1 atom stereocenters. The Labute approximate surface area is 155 Å². The van der Waals surface area contributed by atoms with Crippen molar-refractivity contribution in [2.45, 2.75) is 6.17 Å². The lowest BCUT2D eigenvalue weighted by Crippen LogP contribution is -2.43. The van der Waals surface area contributed by atoms with Crippen LogP contribution in [-0.2, 0) is 0 Å².